The number of esters is 1. The number of methoxy groups -OCH3 is 1. The van der Waals surface area contributed by atoms with Gasteiger partial charge in [-0.1, -0.05) is 78.9 Å². The van der Waals surface area contributed by atoms with E-state index in [1.165, 1.54) is 43.5 Å². The lowest BCUT2D eigenvalue weighted by Gasteiger charge is -2.33. The number of hydrogen-bond donors (Lipinski definition) is 0. The van der Waals surface area contributed by atoms with Crippen molar-refractivity contribution in [2.45, 2.75) is 24.4 Å². The largest absolute Gasteiger partial charge is 0.465 e. The molecule has 10 heteroatoms. The summed E-state index contributed by atoms with van der Waals surface area (Å²) in [6.45, 7) is 0. The van der Waals surface area contributed by atoms with Crippen LogP contribution in [0.15, 0.2) is 109 Å². The summed E-state index contributed by atoms with van der Waals surface area (Å²) in [4.78, 5) is 27.0. The lowest BCUT2D eigenvalue weighted by atomic mass is 9.68. The molecule has 222 valence electrons. The minimum atomic E-state index is -4.60. The van der Waals surface area contributed by atoms with E-state index in [2.05, 4.69) is 9.46 Å². The first kappa shape index (κ1) is 31.6. The highest BCUT2D eigenvalue weighted by atomic mass is 31.2. The van der Waals surface area contributed by atoms with E-state index in [4.69, 9.17) is 4.74 Å². The number of ketones is 1. The van der Waals surface area contributed by atoms with Gasteiger partial charge in [-0.05, 0) is 80.5 Å². The second-order valence-electron chi connectivity index (χ2n) is 9.91. The summed E-state index contributed by atoms with van der Waals surface area (Å²) in [5.41, 5.74) is 1.55. The molecule has 0 amide bonds. The van der Waals surface area contributed by atoms with Crippen molar-refractivity contribution in [3.63, 3.8) is 0 Å². The van der Waals surface area contributed by atoms with E-state index >= 15 is 0 Å². The van der Waals surface area contributed by atoms with Gasteiger partial charge in [0, 0.05) is 5.56 Å². The molecule has 0 aromatic heterocycles. The van der Waals surface area contributed by atoms with Gasteiger partial charge >= 0.3 is 13.6 Å². The molecular formula is C33H28F3O6P. The van der Waals surface area contributed by atoms with Crippen LogP contribution in [0.5, 0.6) is 0 Å². The van der Waals surface area contributed by atoms with E-state index in [0.717, 1.165) is 5.56 Å². The van der Waals surface area contributed by atoms with E-state index in [1.54, 1.807) is 36.4 Å². The summed E-state index contributed by atoms with van der Waals surface area (Å²) in [6.07, 6.45) is 3.39. The number of Topliss-reactive ketones (excluding diaryl/α,β-unsaturated/α-hetero) is 1. The van der Waals surface area contributed by atoms with Gasteiger partial charge < -0.3 is 4.74 Å². The van der Waals surface area contributed by atoms with Crippen LogP contribution in [0.1, 0.15) is 49.4 Å². The maximum absolute atomic E-state index is 14.5. The quantitative estimate of drug-likeness (QED) is 0.0860. The lowest BCUT2D eigenvalue weighted by molar-refractivity contribution is -0.0881. The van der Waals surface area contributed by atoms with Gasteiger partial charge in [0.05, 0.1) is 24.3 Å². The van der Waals surface area contributed by atoms with Crippen LogP contribution >= 0.6 is 7.60 Å². The van der Waals surface area contributed by atoms with E-state index in [-0.39, 0.29) is 35.3 Å². The molecule has 0 radical (unpaired) electrons. The van der Waals surface area contributed by atoms with Gasteiger partial charge in [0.15, 0.2) is 5.78 Å². The predicted molar refractivity (Wildman–Crippen MR) is 156 cm³/mol. The Labute approximate surface area is 247 Å². The average Bonchev–Trinajstić information content (AvgIpc) is 3.05. The van der Waals surface area contributed by atoms with Crippen LogP contribution in [-0.4, -0.2) is 18.9 Å². The van der Waals surface area contributed by atoms with Gasteiger partial charge in [0.25, 0.3) is 0 Å². The van der Waals surface area contributed by atoms with Crippen LogP contribution < -0.4 is 0 Å². The molecule has 0 heterocycles. The van der Waals surface area contributed by atoms with Crippen LogP contribution in [-0.2, 0) is 36.8 Å². The third-order valence-corrected chi connectivity index (χ3v) is 8.24. The molecule has 4 aromatic rings. The Bertz CT molecular complexity index is 1620. The van der Waals surface area contributed by atoms with Crippen LogP contribution in [0.3, 0.4) is 0 Å². The number of hydrogen-bond acceptors (Lipinski definition) is 6. The highest BCUT2D eigenvalue weighted by Gasteiger charge is 2.40. The van der Waals surface area contributed by atoms with E-state index in [0.29, 0.717) is 11.1 Å². The molecule has 0 aliphatic carbocycles. The molecule has 0 spiro atoms. The van der Waals surface area contributed by atoms with Crippen LogP contribution in [0, 0.1) is 5.82 Å². The zero-order chi connectivity index (χ0) is 30.9. The van der Waals surface area contributed by atoms with E-state index < -0.39 is 31.0 Å². The third kappa shape index (κ3) is 7.76. The molecule has 4 rings (SSSR count). The molecule has 6 nitrogen and oxygen atoms in total. The molecule has 0 bridgehead atoms. The van der Waals surface area contributed by atoms with Crippen molar-refractivity contribution >= 4 is 25.4 Å². The van der Waals surface area contributed by atoms with Crippen molar-refractivity contribution in [2.75, 3.05) is 7.11 Å². The Morgan fingerprint density at radius 2 is 1.47 bits per heavy atom. The van der Waals surface area contributed by atoms with Crippen molar-refractivity contribution in [2.24, 2.45) is 0 Å². The molecule has 0 saturated heterocycles. The van der Waals surface area contributed by atoms with Crippen molar-refractivity contribution in [3.8, 4) is 0 Å². The number of carbonyl (C=O) groups excluding carboxylic acids is 2. The van der Waals surface area contributed by atoms with E-state index in [1.807, 2.05) is 42.5 Å². The summed E-state index contributed by atoms with van der Waals surface area (Å²) in [6, 6.07) is 27.6. The summed E-state index contributed by atoms with van der Waals surface area (Å²) in [5.74, 6) is -1.40. The van der Waals surface area contributed by atoms with Crippen molar-refractivity contribution in [1.29, 1.82) is 0 Å². The number of ether oxygens (including phenoxy) is 1. The maximum atomic E-state index is 14.5. The van der Waals surface area contributed by atoms with Crippen molar-refractivity contribution in [3.05, 3.63) is 148 Å². The first-order valence-electron chi connectivity index (χ1n) is 13.2. The Morgan fingerprint density at radius 1 is 0.814 bits per heavy atom. The summed E-state index contributed by atoms with van der Waals surface area (Å²) < 4.78 is 62.3. The van der Waals surface area contributed by atoms with E-state index in [9.17, 15) is 27.6 Å². The molecule has 1 unspecified atom stereocenters. The standard InChI is InChI=1S/C33H28F3O6P/c1-40-32(38)28-10-5-11-29(21-28)33(20-6-9-24-7-3-2-4-8-24,31(37)27-16-18-30(34)19-17-27)22-25-12-14-26(15-13-25)23-43(39,41-35)42-36/h2-19,21H,20,22-23H2,1H3/b9-6+. The Morgan fingerprint density at radius 3 is 2.09 bits per heavy atom. The van der Waals surface area contributed by atoms with Crippen LogP contribution in [0.2, 0.25) is 0 Å². The molecule has 0 aliphatic heterocycles. The number of carbonyl (C=O) groups is 2. The second-order valence-corrected chi connectivity index (χ2v) is 11.7. The average molecular weight is 609 g/mol. The number of rotatable bonds is 13. The predicted octanol–water partition coefficient (Wildman–Crippen LogP) is 8.57. The smallest absolute Gasteiger partial charge is 0.399 e. The fourth-order valence-electron chi connectivity index (χ4n) is 4.89. The SMILES string of the molecule is COC(=O)c1cccc(C(C/C=C/c2ccccc2)(Cc2ccc(CP(=O)(OF)OF)cc2)C(=O)c2ccc(F)cc2)c1. The van der Waals surface area contributed by atoms with Gasteiger partial charge in [-0.25, -0.2) is 9.18 Å². The Kier molecular flexibility index (Phi) is 10.5. The van der Waals surface area contributed by atoms with Crippen LogP contribution in [0.4, 0.5) is 13.4 Å². The molecule has 1 atom stereocenters. The number of benzene rings is 4. The summed E-state index contributed by atoms with van der Waals surface area (Å²) >= 11 is 0. The fourth-order valence-corrected chi connectivity index (χ4v) is 5.67. The number of allylic oxidation sites excluding steroid dienone is 1. The monoisotopic (exact) mass is 608 g/mol. The maximum Gasteiger partial charge on any atom is 0.399 e. The van der Waals surface area contributed by atoms with Crippen molar-refractivity contribution in [1.82, 2.24) is 0 Å². The molecule has 4 aromatic carbocycles. The van der Waals surface area contributed by atoms with Crippen LogP contribution in [0.25, 0.3) is 6.08 Å². The lowest BCUT2D eigenvalue weighted by Crippen LogP contribution is -2.38. The zero-order valence-corrected chi connectivity index (χ0v) is 24.0. The Balaban J connectivity index is 1.84. The third-order valence-electron chi connectivity index (χ3n) is 7.07. The summed E-state index contributed by atoms with van der Waals surface area (Å²) in [5, 5.41) is 0. The molecule has 0 aliphatic rings. The Hall–Kier alpha value is -4.30. The fraction of sp³-hybridized carbons (Fsp3) is 0.152. The minimum absolute atomic E-state index is 0.115. The van der Waals surface area contributed by atoms with Gasteiger partial charge in [-0.3, -0.25) is 9.36 Å². The van der Waals surface area contributed by atoms with Gasteiger partial charge in [0.2, 0.25) is 0 Å². The van der Waals surface area contributed by atoms with Gasteiger partial charge in [0.1, 0.15) is 5.82 Å². The highest BCUT2D eigenvalue weighted by Crippen LogP contribution is 2.52. The first-order valence-corrected chi connectivity index (χ1v) is 14.9. The topological polar surface area (TPSA) is 78.9 Å². The second kappa shape index (κ2) is 14.2. The first-order chi connectivity index (χ1) is 20.7. The zero-order valence-electron chi connectivity index (χ0n) is 23.1. The molecule has 43 heavy (non-hydrogen) atoms. The van der Waals surface area contributed by atoms with Gasteiger partial charge in [-0.2, -0.15) is 0 Å². The molecule has 0 N–H and O–H groups in total. The molecule has 0 fully saturated rings. The molecular weight excluding hydrogens is 580 g/mol. The molecule has 0 saturated carbocycles. The highest BCUT2D eigenvalue weighted by molar-refractivity contribution is 7.52. The normalized spacial score (nSPS) is 13.0. The van der Waals surface area contributed by atoms with Crippen molar-refractivity contribution < 1.29 is 41.8 Å². The summed E-state index contributed by atoms with van der Waals surface area (Å²) in [7, 11) is -3.34. The number of halogens is 3. The minimum Gasteiger partial charge on any atom is -0.465 e. The van der Waals surface area contributed by atoms with Gasteiger partial charge in [-0.15, -0.1) is 9.46 Å².